The highest BCUT2D eigenvalue weighted by Gasteiger charge is 1.87. The first-order valence-electron chi connectivity index (χ1n) is 4.25. The SMILES string of the molecule is CCC/C=C/c1ccc(F)cc1. The largest absolute Gasteiger partial charge is 0.207 e. The van der Waals surface area contributed by atoms with Crippen LogP contribution >= 0.6 is 0 Å². The molecule has 0 radical (unpaired) electrons. The molecule has 0 saturated carbocycles. The average molecular weight is 164 g/mol. The molecule has 0 atom stereocenters. The smallest absolute Gasteiger partial charge is 0.123 e. The molecule has 64 valence electrons. The highest BCUT2D eigenvalue weighted by atomic mass is 19.1. The first-order valence-corrected chi connectivity index (χ1v) is 4.25. The second kappa shape index (κ2) is 4.70. The summed E-state index contributed by atoms with van der Waals surface area (Å²) in [4.78, 5) is 0. The fourth-order valence-corrected chi connectivity index (χ4v) is 0.960. The van der Waals surface area contributed by atoms with Crippen molar-refractivity contribution in [3.63, 3.8) is 0 Å². The predicted molar refractivity (Wildman–Crippen MR) is 50.3 cm³/mol. The normalized spacial score (nSPS) is 10.8. The number of halogens is 1. The van der Waals surface area contributed by atoms with E-state index in [-0.39, 0.29) is 5.82 Å². The predicted octanol–water partition coefficient (Wildman–Crippen LogP) is 3.64. The van der Waals surface area contributed by atoms with E-state index in [4.69, 9.17) is 0 Å². The van der Waals surface area contributed by atoms with Gasteiger partial charge >= 0.3 is 0 Å². The highest BCUT2D eigenvalue weighted by molar-refractivity contribution is 5.48. The second-order valence-electron chi connectivity index (χ2n) is 2.74. The Hall–Kier alpha value is -1.11. The molecule has 0 aliphatic carbocycles. The van der Waals surface area contributed by atoms with Gasteiger partial charge in [-0.1, -0.05) is 37.6 Å². The van der Waals surface area contributed by atoms with Gasteiger partial charge < -0.3 is 0 Å². The zero-order chi connectivity index (χ0) is 8.81. The van der Waals surface area contributed by atoms with E-state index >= 15 is 0 Å². The van der Waals surface area contributed by atoms with Crippen molar-refractivity contribution in [1.29, 1.82) is 0 Å². The van der Waals surface area contributed by atoms with Crippen molar-refractivity contribution in [3.05, 3.63) is 41.7 Å². The van der Waals surface area contributed by atoms with Gasteiger partial charge in [0.15, 0.2) is 0 Å². The second-order valence-corrected chi connectivity index (χ2v) is 2.74. The Morgan fingerprint density at radius 3 is 2.50 bits per heavy atom. The minimum Gasteiger partial charge on any atom is -0.207 e. The van der Waals surface area contributed by atoms with Crippen molar-refractivity contribution in [3.8, 4) is 0 Å². The third kappa shape index (κ3) is 2.87. The zero-order valence-corrected chi connectivity index (χ0v) is 7.26. The van der Waals surface area contributed by atoms with E-state index in [0.717, 1.165) is 18.4 Å². The molecule has 0 N–H and O–H groups in total. The lowest BCUT2D eigenvalue weighted by molar-refractivity contribution is 0.628. The van der Waals surface area contributed by atoms with Gasteiger partial charge in [0, 0.05) is 0 Å². The van der Waals surface area contributed by atoms with Crippen LogP contribution in [0.1, 0.15) is 25.3 Å². The lowest BCUT2D eigenvalue weighted by Gasteiger charge is -1.91. The van der Waals surface area contributed by atoms with Crippen LogP contribution in [0, 0.1) is 5.82 Å². The Morgan fingerprint density at radius 2 is 1.92 bits per heavy atom. The van der Waals surface area contributed by atoms with E-state index in [1.807, 2.05) is 6.08 Å². The van der Waals surface area contributed by atoms with E-state index in [0.29, 0.717) is 0 Å². The summed E-state index contributed by atoms with van der Waals surface area (Å²) < 4.78 is 12.5. The van der Waals surface area contributed by atoms with E-state index in [1.165, 1.54) is 12.1 Å². The van der Waals surface area contributed by atoms with Crippen LogP contribution in [0.15, 0.2) is 30.3 Å². The van der Waals surface area contributed by atoms with Gasteiger partial charge in [0.2, 0.25) is 0 Å². The Bertz CT molecular complexity index is 246. The minimum atomic E-state index is -0.178. The Labute approximate surface area is 72.7 Å². The molecule has 0 saturated heterocycles. The summed E-state index contributed by atoms with van der Waals surface area (Å²) in [6.45, 7) is 2.13. The van der Waals surface area contributed by atoms with Crippen LogP contribution < -0.4 is 0 Å². The quantitative estimate of drug-likeness (QED) is 0.639. The number of hydrogen-bond acceptors (Lipinski definition) is 0. The molecule has 0 spiro atoms. The fraction of sp³-hybridized carbons (Fsp3) is 0.273. The van der Waals surface area contributed by atoms with Crippen molar-refractivity contribution >= 4 is 6.08 Å². The Kier molecular flexibility index (Phi) is 3.52. The first kappa shape index (κ1) is 8.98. The minimum absolute atomic E-state index is 0.178. The third-order valence-electron chi connectivity index (χ3n) is 1.64. The third-order valence-corrected chi connectivity index (χ3v) is 1.64. The lowest BCUT2D eigenvalue weighted by atomic mass is 10.2. The van der Waals surface area contributed by atoms with Crippen LogP contribution in [0.5, 0.6) is 0 Å². The van der Waals surface area contributed by atoms with Gasteiger partial charge in [0.05, 0.1) is 0 Å². The summed E-state index contributed by atoms with van der Waals surface area (Å²) in [7, 11) is 0. The van der Waals surface area contributed by atoms with Gasteiger partial charge in [-0.2, -0.15) is 0 Å². The highest BCUT2D eigenvalue weighted by Crippen LogP contribution is 2.05. The number of benzene rings is 1. The molecule has 0 aliphatic rings. The summed E-state index contributed by atoms with van der Waals surface area (Å²) in [6.07, 6.45) is 6.35. The summed E-state index contributed by atoms with van der Waals surface area (Å²) in [5.74, 6) is -0.178. The summed E-state index contributed by atoms with van der Waals surface area (Å²) in [5.41, 5.74) is 1.06. The summed E-state index contributed by atoms with van der Waals surface area (Å²) >= 11 is 0. The maximum absolute atomic E-state index is 12.5. The fourth-order valence-electron chi connectivity index (χ4n) is 0.960. The Balaban J connectivity index is 2.58. The summed E-state index contributed by atoms with van der Waals surface area (Å²) in [5, 5.41) is 0. The van der Waals surface area contributed by atoms with Gasteiger partial charge in [-0.15, -0.1) is 0 Å². The first-order chi connectivity index (χ1) is 5.83. The number of hydrogen-bond donors (Lipinski definition) is 0. The van der Waals surface area contributed by atoms with E-state index < -0.39 is 0 Å². The zero-order valence-electron chi connectivity index (χ0n) is 7.26. The van der Waals surface area contributed by atoms with Crippen LogP contribution in [0.3, 0.4) is 0 Å². The van der Waals surface area contributed by atoms with Gasteiger partial charge in [-0.05, 0) is 24.1 Å². The molecule has 12 heavy (non-hydrogen) atoms. The maximum atomic E-state index is 12.5. The molecule has 0 bridgehead atoms. The van der Waals surface area contributed by atoms with Crippen LogP contribution in [0.25, 0.3) is 6.08 Å². The number of allylic oxidation sites excluding steroid dienone is 1. The van der Waals surface area contributed by atoms with Gasteiger partial charge in [-0.3, -0.25) is 0 Å². The molecule has 1 aromatic rings. The van der Waals surface area contributed by atoms with Crippen LogP contribution in [0.4, 0.5) is 4.39 Å². The van der Waals surface area contributed by atoms with Gasteiger partial charge in [-0.25, -0.2) is 4.39 Å². The number of unbranched alkanes of at least 4 members (excludes halogenated alkanes) is 1. The molecule has 0 fully saturated rings. The molecule has 0 aliphatic heterocycles. The van der Waals surface area contributed by atoms with Crippen molar-refractivity contribution in [2.24, 2.45) is 0 Å². The number of rotatable bonds is 3. The molecule has 1 heteroatoms. The molecular weight excluding hydrogens is 151 g/mol. The lowest BCUT2D eigenvalue weighted by Crippen LogP contribution is -1.73. The van der Waals surface area contributed by atoms with Gasteiger partial charge in [0.1, 0.15) is 5.82 Å². The molecule has 0 amide bonds. The van der Waals surface area contributed by atoms with Crippen molar-refractivity contribution in [1.82, 2.24) is 0 Å². The standard InChI is InChI=1S/C11H13F/c1-2-3-4-5-10-6-8-11(12)9-7-10/h4-9H,2-3H2,1H3/b5-4+. The van der Waals surface area contributed by atoms with Crippen molar-refractivity contribution in [2.45, 2.75) is 19.8 Å². The van der Waals surface area contributed by atoms with Crippen molar-refractivity contribution in [2.75, 3.05) is 0 Å². The maximum Gasteiger partial charge on any atom is 0.123 e. The Morgan fingerprint density at radius 1 is 1.25 bits per heavy atom. The van der Waals surface area contributed by atoms with E-state index in [2.05, 4.69) is 13.0 Å². The summed E-state index contributed by atoms with van der Waals surface area (Å²) in [6, 6.07) is 6.51. The van der Waals surface area contributed by atoms with E-state index in [9.17, 15) is 4.39 Å². The van der Waals surface area contributed by atoms with Crippen LogP contribution in [-0.4, -0.2) is 0 Å². The van der Waals surface area contributed by atoms with E-state index in [1.54, 1.807) is 12.1 Å². The van der Waals surface area contributed by atoms with Crippen LogP contribution in [0.2, 0.25) is 0 Å². The average Bonchev–Trinajstić information content (AvgIpc) is 2.09. The molecule has 0 nitrogen and oxygen atoms in total. The molecule has 0 aromatic heterocycles. The molecule has 0 heterocycles. The monoisotopic (exact) mass is 164 g/mol. The molecule has 1 aromatic carbocycles. The topological polar surface area (TPSA) is 0 Å². The van der Waals surface area contributed by atoms with Gasteiger partial charge in [0.25, 0.3) is 0 Å². The molecular formula is C11H13F. The molecule has 0 unspecified atom stereocenters. The van der Waals surface area contributed by atoms with Crippen molar-refractivity contribution < 1.29 is 4.39 Å². The molecule has 1 rings (SSSR count). The van der Waals surface area contributed by atoms with Crippen LogP contribution in [-0.2, 0) is 0 Å².